The molecular formula is C18H34O2. The highest BCUT2D eigenvalue weighted by molar-refractivity contribution is 5.77. The monoisotopic (exact) mass is 282 g/mol. The van der Waals surface area contributed by atoms with Gasteiger partial charge in [-0.2, -0.15) is 0 Å². The van der Waals surface area contributed by atoms with Gasteiger partial charge in [-0.1, -0.05) is 54.4 Å². The molecule has 0 fully saturated rings. The Labute approximate surface area is 126 Å². The zero-order valence-corrected chi connectivity index (χ0v) is 14.8. The minimum Gasteiger partial charge on any atom is -0.431 e. The van der Waals surface area contributed by atoms with Crippen molar-refractivity contribution in [1.29, 1.82) is 0 Å². The van der Waals surface area contributed by atoms with E-state index in [2.05, 4.69) is 40.7 Å². The van der Waals surface area contributed by atoms with Crippen LogP contribution in [0.15, 0.2) is 11.8 Å². The Kier molecular flexibility index (Phi) is 7.54. The first-order valence-corrected chi connectivity index (χ1v) is 8.01. The van der Waals surface area contributed by atoms with Crippen LogP contribution >= 0.6 is 0 Å². The lowest BCUT2D eigenvalue weighted by Crippen LogP contribution is -2.38. The predicted octanol–water partition coefficient (Wildman–Crippen LogP) is 5.72. The van der Waals surface area contributed by atoms with Crippen LogP contribution in [0.1, 0.15) is 81.1 Å². The zero-order valence-electron chi connectivity index (χ0n) is 14.8. The van der Waals surface area contributed by atoms with E-state index in [0.717, 1.165) is 18.6 Å². The molecule has 0 aromatic carbocycles. The normalized spacial score (nSPS) is 13.8. The second-order valence-electron chi connectivity index (χ2n) is 7.21. The number of rotatable bonds is 7. The van der Waals surface area contributed by atoms with Crippen LogP contribution in [0.5, 0.6) is 0 Å². The first kappa shape index (κ1) is 19.2. The van der Waals surface area contributed by atoms with Gasteiger partial charge in [-0.3, -0.25) is 4.79 Å². The van der Waals surface area contributed by atoms with E-state index in [4.69, 9.17) is 4.74 Å². The van der Waals surface area contributed by atoms with E-state index in [1.807, 2.05) is 20.8 Å². The molecule has 0 aliphatic rings. The van der Waals surface area contributed by atoms with Gasteiger partial charge in [0, 0.05) is 6.42 Å². The molecule has 0 atom stereocenters. The summed E-state index contributed by atoms with van der Waals surface area (Å²) in [5.41, 5.74) is -0.603. The van der Waals surface area contributed by atoms with Gasteiger partial charge in [0.1, 0.15) is 5.76 Å². The van der Waals surface area contributed by atoms with Gasteiger partial charge >= 0.3 is 5.97 Å². The van der Waals surface area contributed by atoms with Gasteiger partial charge in [0.15, 0.2) is 0 Å². The molecule has 2 nitrogen and oxygen atoms in total. The summed E-state index contributed by atoms with van der Waals surface area (Å²) in [5, 5.41) is 0. The molecule has 0 radical (unpaired) electrons. The Morgan fingerprint density at radius 3 is 1.90 bits per heavy atom. The number of carbonyl (C=O) groups is 1. The lowest BCUT2D eigenvalue weighted by atomic mass is 9.69. The maximum atomic E-state index is 12.4. The Morgan fingerprint density at radius 2 is 1.55 bits per heavy atom. The fraction of sp³-hybridized carbons (Fsp3) is 0.833. The highest BCUT2D eigenvalue weighted by atomic mass is 16.5. The average Bonchev–Trinajstić information content (AvgIpc) is 2.36. The first-order chi connectivity index (χ1) is 9.10. The lowest BCUT2D eigenvalue weighted by molar-refractivity contribution is -0.155. The van der Waals surface area contributed by atoms with Crippen molar-refractivity contribution in [2.75, 3.05) is 0 Å². The third kappa shape index (κ3) is 5.30. The minimum absolute atomic E-state index is 0.113. The number of hydrogen-bond donors (Lipinski definition) is 0. The van der Waals surface area contributed by atoms with E-state index in [1.165, 1.54) is 12.8 Å². The standard InChI is InChI=1S/C18H34O2/c1-9-14(10-2)12-13-15(11-3)20-16(19)18(7,8)17(4,5)6/h13-14H,9-12H2,1-8H3/b15-13-. The van der Waals surface area contributed by atoms with Gasteiger partial charge in [-0.15, -0.1) is 0 Å². The van der Waals surface area contributed by atoms with Gasteiger partial charge in [-0.25, -0.2) is 0 Å². The molecule has 0 aliphatic carbocycles. The molecule has 2 heteroatoms. The molecule has 0 rings (SSSR count). The molecule has 0 saturated carbocycles. The van der Waals surface area contributed by atoms with Crippen LogP contribution in [0.3, 0.4) is 0 Å². The summed E-state index contributed by atoms with van der Waals surface area (Å²) in [7, 11) is 0. The van der Waals surface area contributed by atoms with Crippen LogP contribution in [-0.2, 0) is 9.53 Å². The van der Waals surface area contributed by atoms with Crippen molar-refractivity contribution in [1.82, 2.24) is 0 Å². The van der Waals surface area contributed by atoms with Gasteiger partial charge < -0.3 is 4.74 Å². The van der Waals surface area contributed by atoms with Crippen LogP contribution in [0, 0.1) is 16.7 Å². The first-order valence-electron chi connectivity index (χ1n) is 8.01. The summed E-state index contributed by atoms with van der Waals surface area (Å²) in [4.78, 5) is 12.4. The zero-order chi connectivity index (χ0) is 16.0. The Hall–Kier alpha value is -0.790. The quantitative estimate of drug-likeness (QED) is 0.441. The van der Waals surface area contributed by atoms with Crippen molar-refractivity contribution in [2.24, 2.45) is 16.7 Å². The Morgan fingerprint density at radius 1 is 1.05 bits per heavy atom. The predicted molar refractivity (Wildman–Crippen MR) is 86.4 cm³/mol. The van der Waals surface area contributed by atoms with Crippen molar-refractivity contribution < 1.29 is 9.53 Å². The molecule has 0 spiro atoms. The second-order valence-corrected chi connectivity index (χ2v) is 7.21. The number of carbonyl (C=O) groups excluding carboxylic acids is 1. The van der Waals surface area contributed by atoms with E-state index in [9.17, 15) is 4.79 Å². The van der Waals surface area contributed by atoms with Gasteiger partial charge in [-0.05, 0) is 37.7 Å². The average molecular weight is 282 g/mol. The van der Waals surface area contributed by atoms with E-state index in [-0.39, 0.29) is 11.4 Å². The summed E-state index contributed by atoms with van der Waals surface area (Å²) in [6.45, 7) is 16.6. The van der Waals surface area contributed by atoms with Crippen LogP contribution in [0.2, 0.25) is 0 Å². The topological polar surface area (TPSA) is 26.3 Å². The number of esters is 1. The molecule has 0 amide bonds. The van der Waals surface area contributed by atoms with Gasteiger partial charge in [0.05, 0.1) is 5.41 Å². The van der Waals surface area contributed by atoms with E-state index < -0.39 is 5.41 Å². The van der Waals surface area contributed by atoms with Crippen LogP contribution in [-0.4, -0.2) is 5.97 Å². The summed E-state index contributed by atoms with van der Waals surface area (Å²) in [6.07, 6.45) is 6.22. The van der Waals surface area contributed by atoms with E-state index in [1.54, 1.807) is 0 Å². The molecule has 0 aromatic heterocycles. The summed E-state index contributed by atoms with van der Waals surface area (Å²) in [5.74, 6) is 1.38. The van der Waals surface area contributed by atoms with Crippen molar-refractivity contribution in [3.63, 3.8) is 0 Å². The van der Waals surface area contributed by atoms with Crippen molar-refractivity contribution in [2.45, 2.75) is 81.1 Å². The fourth-order valence-corrected chi connectivity index (χ4v) is 1.73. The third-order valence-corrected chi connectivity index (χ3v) is 4.79. The smallest absolute Gasteiger partial charge is 0.317 e. The SMILES string of the molecule is CC/C(=C/CC(CC)CC)OC(=O)C(C)(C)C(C)(C)C. The third-order valence-electron chi connectivity index (χ3n) is 4.79. The van der Waals surface area contributed by atoms with Gasteiger partial charge in [0.2, 0.25) is 0 Å². The molecule has 0 aliphatic heterocycles. The summed E-state index contributed by atoms with van der Waals surface area (Å²) >= 11 is 0. The van der Waals surface area contributed by atoms with Crippen molar-refractivity contribution in [3.05, 3.63) is 11.8 Å². The molecule has 0 unspecified atom stereocenters. The van der Waals surface area contributed by atoms with Gasteiger partial charge in [0.25, 0.3) is 0 Å². The molecule has 0 bridgehead atoms. The van der Waals surface area contributed by atoms with Crippen molar-refractivity contribution >= 4 is 5.97 Å². The minimum atomic E-state index is -0.490. The molecule has 0 N–H and O–H groups in total. The molecule has 0 aromatic rings. The molecular weight excluding hydrogens is 248 g/mol. The summed E-state index contributed by atoms with van der Waals surface area (Å²) in [6, 6.07) is 0. The highest BCUT2D eigenvalue weighted by Crippen LogP contribution is 2.39. The van der Waals surface area contributed by atoms with Crippen LogP contribution in [0.25, 0.3) is 0 Å². The molecule has 118 valence electrons. The van der Waals surface area contributed by atoms with Crippen LogP contribution < -0.4 is 0 Å². The maximum Gasteiger partial charge on any atom is 0.317 e. The largest absolute Gasteiger partial charge is 0.431 e. The molecule has 0 heterocycles. The number of ether oxygens (including phenoxy) is 1. The molecule has 0 saturated heterocycles. The second kappa shape index (κ2) is 7.85. The fourth-order valence-electron chi connectivity index (χ4n) is 1.73. The Balaban J connectivity index is 4.81. The maximum absolute atomic E-state index is 12.4. The number of allylic oxidation sites excluding steroid dienone is 2. The Bertz CT molecular complexity index is 328. The summed E-state index contributed by atoms with van der Waals surface area (Å²) < 4.78 is 5.65. The molecule has 20 heavy (non-hydrogen) atoms. The van der Waals surface area contributed by atoms with Crippen LogP contribution in [0.4, 0.5) is 0 Å². The van der Waals surface area contributed by atoms with E-state index >= 15 is 0 Å². The number of hydrogen-bond acceptors (Lipinski definition) is 2. The highest BCUT2D eigenvalue weighted by Gasteiger charge is 2.41. The van der Waals surface area contributed by atoms with Crippen molar-refractivity contribution in [3.8, 4) is 0 Å². The lowest BCUT2D eigenvalue weighted by Gasteiger charge is -2.36. The van der Waals surface area contributed by atoms with E-state index in [0.29, 0.717) is 5.92 Å².